The van der Waals surface area contributed by atoms with Gasteiger partial charge < -0.3 is 10.1 Å². The minimum atomic E-state index is -1.07. The zero-order valence-corrected chi connectivity index (χ0v) is 13.0. The Kier molecular flexibility index (Phi) is 5.92. The van der Waals surface area contributed by atoms with E-state index in [1.165, 1.54) is 12.1 Å². The lowest BCUT2D eigenvalue weighted by molar-refractivity contribution is -0.123. The van der Waals surface area contributed by atoms with Gasteiger partial charge in [0.15, 0.2) is 6.61 Å². The second kappa shape index (κ2) is 7.92. The number of nitrogens with one attached hydrogen (secondary N) is 2. The van der Waals surface area contributed by atoms with E-state index in [4.69, 9.17) is 11.6 Å². The van der Waals surface area contributed by atoms with E-state index in [2.05, 4.69) is 10.1 Å². The molecule has 1 aliphatic rings. The number of benzene rings is 1. The number of imide groups is 1. The molecule has 1 fully saturated rings. The molecule has 0 spiro atoms. The van der Waals surface area contributed by atoms with Crippen molar-refractivity contribution in [2.45, 2.75) is 31.7 Å². The van der Waals surface area contributed by atoms with Crippen LogP contribution in [-0.2, 0) is 9.53 Å². The zero-order chi connectivity index (χ0) is 16.8. The third kappa shape index (κ3) is 4.92. The Labute approximate surface area is 137 Å². The van der Waals surface area contributed by atoms with Gasteiger partial charge in [-0.15, -0.1) is 0 Å². The fraction of sp³-hybridized carbons (Fsp3) is 0.400. The van der Waals surface area contributed by atoms with Crippen molar-refractivity contribution in [3.8, 4) is 0 Å². The van der Waals surface area contributed by atoms with Crippen LogP contribution in [0, 0.1) is 5.82 Å². The van der Waals surface area contributed by atoms with Gasteiger partial charge in [-0.2, -0.15) is 0 Å². The molecule has 0 aliphatic heterocycles. The van der Waals surface area contributed by atoms with Gasteiger partial charge in [0.2, 0.25) is 0 Å². The molecule has 2 rings (SSSR count). The molecule has 0 aromatic heterocycles. The van der Waals surface area contributed by atoms with Gasteiger partial charge in [0.25, 0.3) is 5.91 Å². The van der Waals surface area contributed by atoms with E-state index in [0.717, 1.165) is 31.7 Å². The van der Waals surface area contributed by atoms with Gasteiger partial charge >= 0.3 is 12.0 Å². The third-order valence-corrected chi connectivity index (χ3v) is 3.76. The molecular weight excluding hydrogens is 327 g/mol. The standard InChI is InChI=1S/C15H16ClFN2O4/c16-10-6-3-7-11(17)13(10)14(21)23-8-12(20)19-15(22)18-9-4-1-2-5-9/h3,6-7,9H,1-2,4-5,8H2,(H2,18,19,20,22). The number of hydrogen-bond donors (Lipinski definition) is 2. The van der Waals surface area contributed by atoms with Crippen molar-refractivity contribution in [2.24, 2.45) is 0 Å². The Bertz CT molecular complexity index is 597. The SMILES string of the molecule is O=C(COC(=O)c1c(F)cccc1Cl)NC(=O)NC1CCCC1. The van der Waals surface area contributed by atoms with E-state index in [1.54, 1.807) is 0 Å². The number of esters is 1. The molecule has 124 valence electrons. The maximum Gasteiger partial charge on any atom is 0.343 e. The van der Waals surface area contributed by atoms with E-state index < -0.39 is 35.9 Å². The lowest BCUT2D eigenvalue weighted by Gasteiger charge is -2.12. The predicted molar refractivity (Wildman–Crippen MR) is 80.6 cm³/mol. The number of rotatable bonds is 4. The summed E-state index contributed by atoms with van der Waals surface area (Å²) in [6, 6.07) is 3.15. The summed E-state index contributed by atoms with van der Waals surface area (Å²) in [7, 11) is 0. The summed E-state index contributed by atoms with van der Waals surface area (Å²) >= 11 is 5.71. The number of carbonyl (C=O) groups is 3. The van der Waals surface area contributed by atoms with Crippen molar-refractivity contribution in [3.63, 3.8) is 0 Å². The van der Waals surface area contributed by atoms with Crippen LogP contribution in [0.4, 0.5) is 9.18 Å². The summed E-state index contributed by atoms with van der Waals surface area (Å²) in [6.07, 6.45) is 3.84. The van der Waals surface area contributed by atoms with Gasteiger partial charge in [-0.3, -0.25) is 10.1 Å². The predicted octanol–water partition coefficient (Wildman–Crippen LogP) is 2.40. The number of carbonyl (C=O) groups excluding carboxylic acids is 3. The first-order valence-corrected chi connectivity index (χ1v) is 7.56. The molecule has 23 heavy (non-hydrogen) atoms. The first kappa shape index (κ1) is 17.2. The Morgan fingerprint density at radius 3 is 2.61 bits per heavy atom. The van der Waals surface area contributed by atoms with Gasteiger partial charge in [0.1, 0.15) is 11.4 Å². The molecule has 1 aliphatic carbocycles. The van der Waals surface area contributed by atoms with Gasteiger partial charge in [0, 0.05) is 6.04 Å². The Balaban J connectivity index is 1.79. The van der Waals surface area contributed by atoms with Crippen molar-refractivity contribution in [3.05, 3.63) is 34.6 Å². The van der Waals surface area contributed by atoms with E-state index in [9.17, 15) is 18.8 Å². The maximum atomic E-state index is 13.5. The number of amides is 3. The van der Waals surface area contributed by atoms with Crippen LogP contribution in [0.15, 0.2) is 18.2 Å². The van der Waals surface area contributed by atoms with Crippen LogP contribution < -0.4 is 10.6 Å². The molecular formula is C15H16ClFN2O4. The quantitative estimate of drug-likeness (QED) is 0.823. The number of urea groups is 1. The minimum Gasteiger partial charge on any atom is -0.452 e. The van der Waals surface area contributed by atoms with Crippen LogP contribution in [0.3, 0.4) is 0 Å². The summed E-state index contributed by atoms with van der Waals surface area (Å²) in [5.41, 5.74) is -0.447. The Morgan fingerprint density at radius 1 is 1.26 bits per heavy atom. The van der Waals surface area contributed by atoms with Crippen LogP contribution in [0.2, 0.25) is 5.02 Å². The second-order valence-electron chi connectivity index (χ2n) is 5.18. The molecule has 0 saturated heterocycles. The molecule has 6 nitrogen and oxygen atoms in total. The van der Waals surface area contributed by atoms with Crippen LogP contribution in [0.5, 0.6) is 0 Å². The second-order valence-corrected chi connectivity index (χ2v) is 5.58. The van der Waals surface area contributed by atoms with E-state index >= 15 is 0 Å². The van der Waals surface area contributed by atoms with Gasteiger partial charge in [-0.25, -0.2) is 14.0 Å². The van der Waals surface area contributed by atoms with Gasteiger partial charge in [-0.05, 0) is 25.0 Å². The van der Waals surface area contributed by atoms with Gasteiger partial charge in [0.05, 0.1) is 5.02 Å². The molecule has 0 atom stereocenters. The molecule has 3 amide bonds. The molecule has 0 unspecified atom stereocenters. The fourth-order valence-electron chi connectivity index (χ4n) is 2.35. The monoisotopic (exact) mass is 342 g/mol. The largest absolute Gasteiger partial charge is 0.452 e. The average Bonchev–Trinajstić information content (AvgIpc) is 2.97. The van der Waals surface area contributed by atoms with Crippen LogP contribution in [-0.4, -0.2) is 30.6 Å². The smallest absolute Gasteiger partial charge is 0.343 e. The first-order chi connectivity index (χ1) is 11.0. The normalized spacial score (nSPS) is 14.3. The number of ether oxygens (including phenoxy) is 1. The highest BCUT2D eigenvalue weighted by Gasteiger charge is 2.20. The lowest BCUT2D eigenvalue weighted by atomic mass is 10.2. The van der Waals surface area contributed by atoms with E-state index in [0.29, 0.717) is 0 Å². The minimum absolute atomic E-state index is 0.0579. The number of halogens is 2. The molecule has 1 aromatic rings. The molecule has 0 bridgehead atoms. The molecule has 2 N–H and O–H groups in total. The topological polar surface area (TPSA) is 84.5 Å². The Hall–Kier alpha value is -2.15. The van der Waals surface area contributed by atoms with Crippen molar-refractivity contribution < 1.29 is 23.5 Å². The molecule has 0 heterocycles. The highest BCUT2D eigenvalue weighted by molar-refractivity contribution is 6.33. The molecule has 0 radical (unpaired) electrons. The maximum absolute atomic E-state index is 13.5. The fourth-order valence-corrected chi connectivity index (χ4v) is 2.59. The van der Waals surface area contributed by atoms with Crippen LogP contribution in [0.25, 0.3) is 0 Å². The zero-order valence-electron chi connectivity index (χ0n) is 12.2. The van der Waals surface area contributed by atoms with Crippen molar-refractivity contribution in [1.82, 2.24) is 10.6 Å². The lowest BCUT2D eigenvalue weighted by Crippen LogP contribution is -2.45. The molecule has 1 saturated carbocycles. The average molecular weight is 343 g/mol. The summed E-state index contributed by atoms with van der Waals surface area (Å²) in [5, 5.41) is 4.59. The number of hydrogen-bond acceptors (Lipinski definition) is 4. The van der Waals surface area contributed by atoms with Crippen molar-refractivity contribution in [1.29, 1.82) is 0 Å². The van der Waals surface area contributed by atoms with Crippen LogP contribution >= 0.6 is 11.6 Å². The van der Waals surface area contributed by atoms with Crippen molar-refractivity contribution in [2.75, 3.05) is 6.61 Å². The van der Waals surface area contributed by atoms with Crippen molar-refractivity contribution >= 4 is 29.5 Å². The Morgan fingerprint density at radius 2 is 1.96 bits per heavy atom. The molecule has 1 aromatic carbocycles. The summed E-state index contributed by atoms with van der Waals surface area (Å²) < 4.78 is 18.2. The third-order valence-electron chi connectivity index (χ3n) is 3.44. The van der Waals surface area contributed by atoms with Crippen LogP contribution in [0.1, 0.15) is 36.0 Å². The molecule has 8 heteroatoms. The highest BCUT2D eigenvalue weighted by Crippen LogP contribution is 2.19. The summed E-state index contributed by atoms with van der Waals surface area (Å²) in [4.78, 5) is 34.9. The van der Waals surface area contributed by atoms with E-state index in [1.807, 2.05) is 5.32 Å². The highest BCUT2D eigenvalue weighted by atomic mass is 35.5. The first-order valence-electron chi connectivity index (χ1n) is 7.19. The van der Waals surface area contributed by atoms with E-state index in [-0.39, 0.29) is 11.1 Å². The summed E-state index contributed by atoms with van der Waals surface area (Å²) in [6.45, 7) is -0.707. The summed E-state index contributed by atoms with van der Waals surface area (Å²) in [5.74, 6) is -2.72. The van der Waals surface area contributed by atoms with Gasteiger partial charge in [-0.1, -0.05) is 30.5 Å².